The number of hydrogen-bond acceptors (Lipinski definition) is 9. The SMILES string of the molecule is CCCCC1(CCCC)C(=O)Sc2cc(OCC(=O)NC(C(=O)N[C@@H](C(=O)O)[C@H](C)O)c3ccccc3)c(SC)cc2N(c2ccccc2)C1=O. The van der Waals surface area contributed by atoms with Crippen molar-refractivity contribution in [1.82, 2.24) is 10.6 Å². The van der Waals surface area contributed by atoms with Crippen LogP contribution < -0.4 is 20.3 Å². The number of aliphatic hydroxyl groups is 1. The summed E-state index contributed by atoms with van der Waals surface area (Å²) in [4.78, 5) is 69.9. The predicted octanol–water partition coefficient (Wildman–Crippen LogP) is 6.26. The predicted molar refractivity (Wildman–Crippen MR) is 198 cm³/mol. The van der Waals surface area contributed by atoms with E-state index in [2.05, 4.69) is 10.6 Å². The van der Waals surface area contributed by atoms with Gasteiger partial charge in [0.25, 0.3) is 5.91 Å². The number of anilines is 2. The Labute approximate surface area is 306 Å². The molecule has 0 saturated carbocycles. The first-order valence-electron chi connectivity index (χ1n) is 17.0. The summed E-state index contributed by atoms with van der Waals surface area (Å²) in [5.74, 6) is -2.87. The number of nitrogens with one attached hydrogen (secondary N) is 2. The fraction of sp³-hybridized carbons (Fsp3) is 0.395. The Morgan fingerprint density at radius 2 is 1.55 bits per heavy atom. The number of aliphatic carboxylic acids is 1. The summed E-state index contributed by atoms with van der Waals surface area (Å²) in [6.45, 7) is 4.80. The third-order valence-corrected chi connectivity index (χ3v) is 10.6. The monoisotopic (exact) mass is 735 g/mol. The molecule has 1 aliphatic heterocycles. The molecular formula is C38H45N3O8S2. The van der Waals surface area contributed by atoms with Crippen molar-refractivity contribution in [3.63, 3.8) is 0 Å². The molecule has 1 heterocycles. The summed E-state index contributed by atoms with van der Waals surface area (Å²) in [5.41, 5.74) is 0.366. The van der Waals surface area contributed by atoms with E-state index < -0.39 is 48.0 Å². The lowest BCUT2D eigenvalue weighted by atomic mass is 9.77. The normalized spacial score (nSPS) is 15.6. The number of carbonyl (C=O) groups is 5. The minimum Gasteiger partial charge on any atom is -0.483 e. The van der Waals surface area contributed by atoms with Crippen molar-refractivity contribution >= 4 is 63.7 Å². The van der Waals surface area contributed by atoms with Crippen molar-refractivity contribution in [2.75, 3.05) is 17.8 Å². The summed E-state index contributed by atoms with van der Waals surface area (Å²) >= 11 is 2.37. The Balaban J connectivity index is 1.67. The molecule has 13 heteroatoms. The zero-order valence-electron chi connectivity index (χ0n) is 29.2. The van der Waals surface area contributed by atoms with Crippen LogP contribution >= 0.6 is 23.5 Å². The van der Waals surface area contributed by atoms with Crippen molar-refractivity contribution in [2.45, 2.75) is 87.3 Å². The Bertz CT molecular complexity index is 1700. The Hall–Kier alpha value is -4.33. The Morgan fingerprint density at radius 3 is 2.10 bits per heavy atom. The number of amides is 3. The molecular weight excluding hydrogens is 691 g/mol. The minimum atomic E-state index is -1.59. The highest BCUT2D eigenvalue weighted by molar-refractivity contribution is 8.14. The van der Waals surface area contributed by atoms with E-state index in [0.29, 0.717) is 45.3 Å². The van der Waals surface area contributed by atoms with Gasteiger partial charge in [-0.2, -0.15) is 0 Å². The highest BCUT2D eigenvalue weighted by Crippen LogP contribution is 2.51. The van der Waals surface area contributed by atoms with Gasteiger partial charge >= 0.3 is 5.97 Å². The van der Waals surface area contributed by atoms with Gasteiger partial charge in [0.2, 0.25) is 16.9 Å². The van der Waals surface area contributed by atoms with E-state index >= 15 is 0 Å². The number of unbranched alkanes of at least 4 members (excludes halogenated alkanes) is 2. The molecule has 3 atom stereocenters. The number of carboxylic acids is 1. The van der Waals surface area contributed by atoms with Crippen molar-refractivity contribution in [3.8, 4) is 5.75 Å². The summed E-state index contributed by atoms with van der Waals surface area (Å²) in [7, 11) is 0. The molecule has 11 nitrogen and oxygen atoms in total. The maximum Gasteiger partial charge on any atom is 0.328 e. The van der Waals surface area contributed by atoms with Gasteiger partial charge in [-0.25, -0.2) is 4.79 Å². The fourth-order valence-electron chi connectivity index (χ4n) is 5.92. The van der Waals surface area contributed by atoms with Crippen LogP contribution in [0.15, 0.2) is 82.6 Å². The average Bonchev–Trinajstić information content (AvgIpc) is 3.21. The molecule has 0 spiro atoms. The third-order valence-electron chi connectivity index (χ3n) is 8.73. The summed E-state index contributed by atoms with van der Waals surface area (Å²) in [5, 5.41) is 24.1. The van der Waals surface area contributed by atoms with E-state index in [4.69, 9.17) is 4.74 Å². The summed E-state index contributed by atoms with van der Waals surface area (Å²) in [6.07, 6.45) is 4.43. The van der Waals surface area contributed by atoms with Crippen LogP contribution in [0.5, 0.6) is 5.75 Å². The number of carboxylic acid groups (broad SMARTS) is 1. The van der Waals surface area contributed by atoms with Crippen LogP contribution in [-0.2, 0) is 24.0 Å². The second kappa shape index (κ2) is 18.2. The zero-order valence-corrected chi connectivity index (χ0v) is 30.9. The number of rotatable bonds is 17. The molecule has 0 bridgehead atoms. The molecule has 3 aromatic carbocycles. The first-order valence-corrected chi connectivity index (χ1v) is 19.0. The molecule has 272 valence electrons. The van der Waals surface area contributed by atoms with Crippen LogP contribution in [0.2, 0.25) is 0 Å². The number of para-hydroxylation sites is 1. The van der Waals surface area contributed by atoms with Gasteiger partial charge in [-0.15, -0.1) is 11.8 Å². The van der Waals surface area contributed by atoms with E-state index in [1.54, 1.807) is 47.4 Å². The standard InChI is InChI=1S/C38H45N3O8S2/c1-5-7-19-38(20-8-6-2)36(47)41(26-17-13-10-14-18-26)27-21-30(50-4)28(22-29(27)51-37(38)48)49-23-31(43)39-33(25-15-11-9-12-16-25)34(44)40-32(24(3)42)35(45)46/h9-18,21-22,24,32-33,42H,5-8,19-20,23H2,1-4H3,(H,39,43)(H,40,44)(H,45,46)/t24-,32+,33?/m0/s1. The second-order valence-corrected chi connectivity index (χ2v) is 14.3. The molecule has 0 saturated heterocycles. The maximum atomic E-state index is 14.7. The van der Waals surface area contributed by atoms with Gasteiger partial charge in [-0.3, -0.25) is 24.1 Å². The number of aliphatic hydroxyl groups excluding tert-OH is 1. The van der Waals surface area contributed by atoms with Crippen LogP contribution in [0.4, 0.5) is 11.4 Å². The summed E-state index contributed by atoms with van der Waals surface area (Å²) in [6, 6.07) is 18.2. The number of benzene rings is 3. The number of fused-ring (bicyclic) bond motifs is 1. The highest BCUT2D eigenvalue weighted by Gasteiger charge is 2.50. The van der Waals surface area contributed by atoms with E-state index in [1.807, 2.05) is 50.4 Å². The molecule has 3 aromatic rings. The molecule has 1 aliphatic rings. The molecule has 51 heavy (non-hydrogen) atoms. The van der Waals surface area contributed by atoms with Crippen molar-refractivity contribution in [1.29, 1.82) is 0 Å². The van der Waals surface area contributed by atoms with Gasteiger partial charge in [0.05, 0.1) is 16.7 Å². The van der Waals surface area contributed by atoms with E-state index in [0.717, 1.165) is 37.4 Å². The molecule has 0 aliphatic carbocycles. The second-order valence-electron chi connectivity index (χ2n) is 12.4. The van der Waals surface area contributed by atoms with Crippen LogP contribution in [0, 0.1) is 5.41 Å². The quantitative estimate of drug-likeness (QED) is 0.0920. The number of nitrogens with zero attached hydrogens (tertiary/aromatic N) is 1. The lowest BCUT2D eigenvalue weighted by Crippen LogP contribution is -2.52. The molecule has 4 rings (SSSR count). The molecule has 4 N–H and O–H groups in total. The Kier molecular flexibility index (Phi) is 14.1. The maximum absolute atomic E-state index is 14.7. The zero-order chi connectivity index (χ0) is 37.1. The van der Waals surface area contributed by atoms with Crippen molar-refractivity contribution in [3.05, 3.63) is 78.4 Å². The van der Waals surface area contributed by atoms with E-state index in [9.17, 15) is 34.2 Å². The minimum absolute atomic E-state index is 0.219. The molecule has 3 amide bonds. The van der Waals surface area contributed by atoms with E-state index in [-0.39, 0.29) is 11.0 Å². The Morgan fingerprint density at radius 1 is 0.941 bits per heavy atom. The lowest BCUT2D eigenvalue weighted by molar-refractivity contribution is -0.145. The summed E-state index contributed by atoms with van der Waals surface area (Å²) < 4.78 is 6.03. The fourth-order valence-corrected chi connectivity index (χ4v) is 7.57. The molecule has 0 aromatic heterocycles. The first kappa shape index (κ1) is 39.5. The lowest BCUT2D eigenvalue weighted by Gasteiger charge is -2.34. The van der Waals surface area contributed by atoms with Gasteiger partial charge in [-0.05, 0) is 67.6 Å². The van der Waals surface area contributed by atoms with Gasteiger partial charge in [-0.1, -0.05) is 88.1 Å². The molecule has 0 fully saturated rings. The van der Waals surface area contributed by atoms with Crippen molar-refractivity contribution in [2.24, 2.45) is 5.41 Å². The molecule has 0 radical (unpaired) electrons. The van der Waals surface area contributed by atoms with Gasteiger partial charge in [0, 0.05) is 10.6 Å². The average molecular weight is 736 g/mol. The first-order chi connectivity index (χ1) is 24.5. The molecule has 1 unspecified atom stereocenters. The number of ether oxygens (including phenoxy) is 1. The highest BCUT2D eigenvalue weighted by atomic mass is 32.2. The number of hydrogen-bond donors (Lipinski definition) is 4. The van der Waals surface area contributed by atoms with Crippen LogP contribution in [0.3, 0.4) is 0 Å². The van der Waals surface area contributed by atoms with Crippen molar-refractivity contribution < 1.29 is 38.9 Å². The van der Waals surface area contributed by atoms with Gasteiger partial charge in [0.1, 0.15) is 17.2 Å². The van der Waals surface area contributed by atoms with Crippen LogP contribution in [0.1, 0.15) is 70.9 Å². The largest absolute Gasteiger partial charge is 0.483 e. The number of carbonyl (C=O) groups excluding carboxylic acids is 4. The topological polar surface area (TPSA) is 162 Å². The van der Waals surface area contributed by atoms with Crippen LogP contribution in [-0.4, -0.2) is 64.0 Å². The van der Waals surface area contributed by atoms with Gasteiger partial charge in [0.15, 0.2) is 12.6 Å². The van der Waals surface area contributed by atoms with E-state index in [1.165, 1.54) is 18.7 Å². The smallest absolute Gasteiger partial charge is 0.328 e. The van der Waals surface area contributed by atoms with Crippen LogP contribution in [0.25, 0.3) is 0 Å². The van der Waals surface area contributed by atoms with Gasteiger partial charge < -0.3 is 25.6 Å². The number of thioether (sulfide) groups is 2. The third kappa shape index (κ3) is 9.32.